The van der Waals surface area contributed by atoms with Gasteiger partial charge in [0.2, 0.25) is 5.91 Å². The molecule has 1 aromatic carbocycles. The summed E-state index contributed by atoms with van der Waals surface area (Å²) >= 11 is 0. The van der Waals surface area contributed by atoms with Crippen LogP contribution in [0.3, 0.4) is 0 Å². The van der Waals surface area contributed by atoms with E-state index in [9.17, 15) is 4.79 Å². The fourth-order valence-electron chi connectivity index (χ4n) is 2.74. The van der Waals surface area contributed by atoms with Crippen molar-refractivity contribution in [1.29, 1.82) is 0 Å². The summed E-state index contributed by atoms with van der Waals surface area (Å²) in [5.74, 6) is 1.41. The minimum absolute atomic E-state index is 0. The van der Waals surface area contributed by atoms with Gasteiger partial charge in [0.1, 0.15) is 5.75 Å². The lowest BCUT2D eigenvalue weighted by Gasteiger charge is -2.19. The molecule has 0 radical (unpaired) electrons. The number of methoxy groups -OCH3 is 2. The molecule has 8 heteroatoms. The Labute approximate surface area is 162 Å². The monoisotopic (exact) mass is 393 g/mol. The molecule has 1 aromatic rings. The van der Waals surface area contributed by atoms with E-state index in [1.54, 1.807) is 14.2 Å². The van der Waals surface area contributed by atoms with E-state index in [1.165, 1.54) is 5.69 Å². The molecule has 0 aliphatic carbocycles. The highest BCUT2D eigenvalue weighted by Gasteiger charge is 2.23. The van der Waals surface area contributed by atoms with Gasteiger partial charge < -0.3 is 25.0 Å². The molecule has 1 aliphatic heterocycles. The van der Waals surface area contributed by atoms with Crippen LogP contribution in [0.1, 0.15) is 6.42 Å². The van der Waals surface area contributed by atoms with Gasteiger partial charge >= 0.3 is 0 Å². The van der Waals surface area contributed by atoms with Crippen LogP contribution < -0.4 is 20.3 Å². The summed E-state index contributed by atoms with van der Waals surface area (Å²) in [7, 11) is 3.33. The average molecular weight is 394 g/mol. The molecule has 6 nitrogen and oxygen atoms in total. The van der Waals surface area contributed by atoms with Crippen molar-refractivity contribution >= 4 is 36.4 Å². The van der Waals surface area contributed by atoms with Crippen molar-refractivity contribution in [3.05, 3.63) is 24.3 Å². The van der Waals surface area contributed by atoms with Gasteiger partial charge in [0.05, 0.1) is 20.3 Å². The average Bonchev–Trinajstić information content (AvgIpc) is 3.06. The topological polar surface area (TPSA) is 62.8 Å². The molecule has 1 saturated heterocycles. The normalized spacial score (nSPS) is 15.9. The summed E-state index contributed by atoms with van der Waals surface area (Å²) in [6.45, 7) is 4.35. The first-order valence-electron chi connectivity index (χ1n) is 8.08. The zero-order valence-corrected chi connectivity index (χ0v) is 16.5. The van der Waals surface area contributed by atoms with E-state index in [0.717, 1.165) is 31.8 Å². The van der Waals surface area contributed by atoms with E-state index < -0.39 is 0 Å². The predicted octanol–water partition coefficient (Wildman–Crippen LogP) is 1.72. The lowest BCUT2D eigenvalue weighted by atomic mass is 10.1. The van der Waals surface area contributed by atoms with Crippen LogP contribution in [0.25, 0.3) is 0 Å². The third-order valence-electron chi connectivity index (χ3n) is 4.06. The number of nitrogens with zero attached hydrogens (tertiary/aromatic N) is 1. The van der Waals surface area contributed by atoms with Crippen LogP contribution >= 0.6 is 24.8 Å². The number of benzene rings is 1. The van der Waals surface area contributed by atoms with Crippen molar-refractivity contribution < 1.29 is 14.3 Å². The van der Waals surface area contributed by atoms with Crippen LogP contribution in [0.15, 0.2) is 24.3 Å². The van der Waals surface area contributed by atoms with Crippen molar-refractivity contribution in [2.45, 2.75) is 6.42 Å². The molecule has 25 heavy (non-hydrogen) atoms. The summed E-state index contributed by atoms with van der Waals surface area (Å²) < 4.78 is 10.2. The number of hydrogen-bond donors (Lipinski definition) is 2. The summed E-state index contributed by atoms with van der Waals surface area (Å²) in [6.07, 6.45) is 1.09. The fourth-order valence-corrected chi connectivity index (χ4v) is 2.74. The lowest BCUT2D eigenvalue weighted by Crippen LogP contribution is -2.38. The molecule has 2 rings (SSSR count). The molecule has 1 heterocycles. The third-order valence-corrected chi connectivity index (χ3v) is 4.06. The van der Waals surface area contributed by atoms with Crippen LogP contribution in [0.5, 0.6) is 5.75 Å². The van der Waals surface area contributed by atoms with Gasteiger partial charge in [0, 0.05) is 45.0 Å². The van der Waals surface area contributed by atoms with Crippen LogP contribution in [0, 0.1) is 5.92 Å². The van der Waals surface area contributed by atoms with E-state index in [4.69, 9.17) is 9.47 Å². The van der Waals surface area contributed by atoms with Gasteiger partial charge in [-0.25, -0.2) is 0 Å². The van der Waals surface area contributed by atoms with Crippen molar-refractivity contribution in [3.8, 4) is 5.75 Å². The molecular weight excluding hydrogens is 365 g/mol. The highest BCUT2D eigenvalue weighted by Crippen LogP contribution is 2.26. The number of hydrogen-bond acceptors (Lipinski definition) is 5. The Morgan fingerprint density at radius 3 is 2.84 bits per heavy atom. The minimum atomic E-state index is 0. The molecular formula is C17H29Cl2N3O3. The van der Waals surface area contributed by atoms with Crippen molar-refractivity contribution in [3.63, 3.8) is 0 Å². The maximum absolute atomic E-state index is 11.8. The molecule has 1 unspecified atom stereocenters. The van der Waals surface area contributed by atoms with Crippen LogP contribution in [0.4, 0.5) is 5.69 Å². The molecule has 0 bridgehead atoms. The largest absolute Gasteiger partial charge is 0.497 e. The molecule has 1 atom stereocenters. The molecule has 1 aliphatic rings. The van der Waals surface area contributed by atoms with Crippen molar-refractivity contribution in [1.82, 2.24) is 10.6 Å². The zero-order chi connectivity index (χ0) is 16.5. The minimum Gasteiger partial charge on any atom is -0.497 e. The zero-order valence-electron chi connectivity index (χ0n) is 14.8. The van der Waals surface area contributed by atoms with Gasteiger partial charge in [0.25, 0.3) is 0 Å². The molecule has 144 valence electrons. The summed E-state index contributed by atoms with van der Waals surface area (Å²) in [6, 6.07) is 8.12. The van der Waals surface area contributed by atoms with Crippen LogP contribution in [-0.2, 0) is 9.53 Å². The van der Waals surface area contributed by atoms with E-state index in [-0.39, 0.29) is 30.7 Å². The Kier molecular flexibility index (Phi) is 12.4. The van der Waals surface area contributed by atoms with Gasteiger partial charge in [0.15, 0.2) is 0 Å². The molecule has 1 amide bonds. The number of amides is 1. The second kappa shape index (κ2) is 13.1. The van der Waals surface area contributed by atoms with Gasteiger partial charge in [-0.05, 0) is 24.5 Å². The second-order valence-electron chi connectivity index (χ2n) is 5.78. The standard InChI is InChI=1S/C17H27N3O3.2ClH/c1-22-9-7-18-12-17(21)19-11-14-6-8-20(13-14)15-4-3-5-16(10-15)23-2;;/h3-5,10,14,18H,6-9,11-13H2,1-2H3,(H,19,21);2*1H. The molecule has 2 N–H and O–H groups in total. The molecule has 0 saturated carbocycles. The fraction of sp³-hybridized carbons (Fsp3) is 0.588. The van der Waals surface area contributed by atoms with Crippen molar-refractivity contribution in [2.24, 2.45) is 5.92 Å². The SMILES string of the molecule is COCCNCC(=O)NCC1CCN(c2cccc(OC)c2)C1.Cl.Cl. The maximum Gasteiger partial charge on any atom is 0.233 e. The maximum atomic E-state index is 11.8. The number of nitrogens with one attached hydrogen (secondary N) is 2. The first kappa shape index (κ1) is 23.8. The molecule has 0 aromatic heterocycles. The van der Waals surface area contributed by atoms with E-state index >= 15 is 0 Å². The Bertz CT molecular complexity index is 506. The van der Waals surface area contributed by atoms with Gasteiger partial charge in [-0.1, -0.05) is 6.07 Å². The van der Waals surface area contributed by atoms with Gasteiger partial charge in [-0.15, -0.1) is 24.8 Å². The van der Waals surface area contributed by atoms with Crippen molar-refractivity contribution in [2.75, 3.05) is 58.5 Å². The molecule has 1 fully saturated rings. The Hall–Kier alpha value is -1.21. The Balaban J connectivity index is 0.00000288. The van der Waals surface area contributed by atoms with Gasteiger partial charge in [-0.3, -0.25) is 4.79 Å². The Morgan fingerprint density at radius 1 is 1.32 bits per heavy atom. The van der Waals surface area contributed by atoms with E-state index in [1.807, 2.05) is 12.1 Å². The predicted molar refractivity (Wildman–Crippen MR) is 106 cm³/mol. The lowest BCUT2D eigenvalue weighted by molar-refractivity contribution is -0.120. The highest BCUT2D eigenvalue weighted by molar-refractivity contribution is 5.85. The second-order valence-corrected chi connectivity index (χ2v) is 5.78. The summed E-state index contributed by atoms with van der Waals surface area (Å²) in [4.78, 5) is 14.1. The van der Waals surface area contributed by atoms with E-state index in [0.29, 0.717) is 25.6 Å². The van der Waals surface area contributed by atoms with Crippen LogP contribution in [0.2, 0.25) is 0 Å². The quantitative estimate of drug-likeness (QED) is 0.625. The molecule has 0 spiro atoms. The third kappa shape index (κ3) is 8.14. The summed E-state index contributed by atoms with van der Waals surface area (Å²) in [5, 5.41) is 6.05. The number of ether oxygens (including phenoxy) is 2. The highest BCUT2D eigenvalue weighted by atomic mass is 35.5. The number of rotatable bonds is 9. The van der Waals surface area contributed by atoms with Gasteiger partial charge in [-0.2, -0.15) is 0 Å². The first-order valence-corrected chi connectivity index (χ1v) is 8.08. The number of carbonyl (C=O) groups is 1. The van der Waals surface area contributed by atoms with Crippen LogP contribution in [-0.4, -0.2) is 59.5 Å². The summed E-state index contributed by atoms with van der Waals surface area (Å²) in [5.41, 5.74) is 1.18. The first-order chi connectivity index (χ1) is 11.2. The smallest absolute Gasteiger partial charge is 0.233 e. The number of halogens is 2. The van der Waals surface area contributed by atoms with E-state index in [2.05, 4.69) is 27.7 Å². The number of anilines is 1. The Morgan fingerprint density at radius 2 is 2.12 bits per heavy atom. The number of carbonyl (C=O) groups excluding carboxylic acids is 1.